The van der Waals surface area contributed by atoms with Gasteiger partial charge in [-0.25, -0.2) is 0 Å². The third-order valence-electron chi connectivity index (χ3n) is 5.56. The van der Waals surface area contributed by atoms with Crippen LogP contribution in [0.3, 0.4) is 0 Å². The monoisotopic (exact) mass is 439 g/mol. The second-order valence-corrected chi connectivity index (χ2v) is 8.25. The molecule has 2 N–H and O–H groups in total. The van der Waals surface area contributed by atoms with Crippen molar-refractivity contribution in [1.82, 2.24) is 10.6 Å². The van der Waals surface area contributed by atoms with Crippen molar-refractivity contribution >= 4 is 5.96 Å². The minimum absolute atomic E-state index is 0.479. The molecular formula is C26H37N3O3. The summed E-state index contributed by atoms with van der Waals surface area (Å²) in [7, 11) is 1.79. The Bertz CT molecular complexity index is 863. The van der Waals surface area contributed by atoms with Gasteiger partial charge in [-0.2, -0.15) is 0 Å². The Morgan fingerprint density at radius 2 is 1.88 bits per heavy atom. The van der Waals surface area contributed by atoms with Gasteiger partial charge in [0.15, 0.2) is 5.96 Å². The molecule has 0 spiro atoms. The van der Waals surface area contributed by atoms with Crippen LogP contribution >= 0.6 is 0 Å². The molecule has 174 valence electrons. The van der Waals surface area contributed by atoms with Gasteiger partial charge in [0, 0.05) is 44.8 Å². The number of aryl methyl sites for hydroxylation is 1. The predicted octanol–water partition coefficient (Wildman–Crippen LogP) is 4.20. The molecular weight excluding hydrogens is 402 g/mol. The van der Waals surface area contributed by atoms with Crippen molar-refractivity contribution in [2.75, 3.05) is 33.5 Å². The Morgan fingerprint density at radius 3 is 2.59 bits per heavy atom. The Hall–Kier alpha value is -2.57. The molecule has 1 aliphatic heterocycles. The lowest BCUT2D eigenvalue weighted by molar-refractivity contribution is 0.121. The maximum absolute atomic E-state index is 6.17. The molecule has 2 aromatic rings. The number of hydrogen-bond acceptors (Lipinski definition) is 4. The van der Waals surface area contributed by atoms with Gasteiger partial charge in [-0.05, 0) is 42.5 Å². The van der Waals surface area contributed by atoms with E-state index in [4.69, 9.17) is 14.2 Å². The number of benzene rings is 2. The standard InChI is InChI=1S/C26H37N3O3/c1-4-12-30-19-24-8-6-5-7-22(24)15-28-26(27-3)29-16-23-10-9-20(2)14-25(23)32-18-21-11-13-31-17-21/h5-10,14,21H,4,11-13,15-19H2,1-3H3,(H2,27,28,29). The molecule has 1 unspecified atom stereocenters. The van der Waals surface area contributed by atoms with Crippen LogP contribution in [-0.2, 0) is 29.2 Å². The summed E-state index contributed by atoms with van der Waals surface area (Å²) in [6.07, 6.45) is 2.09. The van der Waals surface area contributed by atoms with E-state index in [1.165, 1.54) is 16.7 Å². The van der Waals surface area contributed by atoms with Crippen molar-refractivity contribution in [1.29, 1.82) is 0 Å². The van der Waals surface area contributed by atoms with Crippen molar-refractivity contribution in [3.63, 3.8) is 0 Å². The zero-order valence-corrected chi connectivity index (χ0v) is 19.7. The van der Waals surface area contributed by atoms with E-state index in [0.29, 0.717) is 32.2 Å². The molecule has 0 bridgehead atoms. The molecule has 1 heterocycles. The normalized spacial score (nSPS) is 16.2. The average Bonchev–Trinajstić information content (AvgIpc) is 3.33. The molecule has 1 fully saturated rings. The van der Waals surface area contributed by atoms with Gasteiger partial charge in [0.05, 0.1) is 19.8 Å². The summed E-state index contributed by atoms with van der Waals surface area (Å²) < 4.78 is 17.4. The minimum atomic E-state index is 0.479. The van der Waals surface area contributed by atoms with Crippen LogP contribution in [0.2, 0.25) is 0 Å². The molecule has 0 saturated carbocycles. The van der Waals surface area contributed by atoms with Crippen LogP contribution in [-0.4, -0.2) is 39.4 Å². The molecule has 0 aliphatic carbocycles. The lowest BCUT2D eigenvalue weighted by Crippen LogP contribution is -2.36. The first-order valence-corrected chi connectivity index (χ1v) is 11.6. The van der Waals surface area contributed by atoms with Crippen molar-refractivity contribution in [2.45, 2.75) is 46.4 Å². The molecule has 6 heteroatoms. The lowest BCUT2D eigenvalue weighted by Gasteiger charge is -2.17. The third kappa shape index (κ3) is 7.53. The smallest absolute Gasteiger partial charge is 0.191 e. The second kappa shape index (κ2) is 13.1. The number of guanidine groups is 1. The van der Waals surface area contributed by atoms with E-state index in [1.54, 1.807) is 7.05 Å². The highest BCUT2D eigenvalue weighted by Gasteiger charge is 2.17. The van der Waals surface area contributed by atoms with Gasteiger partial charge in [0.25, 0.3) is 0 Å². The number of hydrogen-bond donors (Lipinski definition) is 2. The van der Waals surface area contributed by atoms with Crippen LogP contribution in [0.1, 0.15) is 42.0 Å². The van der Waals surface area contributed by atoms with E-state index in [9.17, 15) is 0 Å². The van der Waals surface area contributed by atoms with Gasteiger partial charge in [-0.1, -0.05) is 43.3 Å². The fourth-order valence-corrected chi connectivity index (χ4v) is 3.64. The highest BCUT2D eigenvalue weighted by Crippen LogP contribution is 2.22. The SMILES string of the molecule is CCCOCc1ccccc1CNC(=NC)NCc1ccc(C)cc1OCC1CCOC1. The topological polar surface area (TPSA) is 64.1 Å². The van der Waals surface area contributed by atoms with Crippen LogP contribution in [0.5, 0.6) is 5.75 Å². The quantitative estimate of drug-likeness (QED) is 0.312. The number of rotatable bonds is 11. The van der Waals surface area contributed by atoms with Gasteiger partial charge in [0.1, 0.15) is 5.75 Å². The number of ether oxygens (including phenoxy) is 3. The third-order valence-corrected chi connectivity index (χ3v) is 5.56. The van der Waals surface area contributed by atoms with Crippen LogP contribution < -0.4 is 15.4 Å². The van der Waals surface area contributed by atoms with E-state index in [0.717, 1.165) is 49.9 Å². The Balaban J connectivity index is 1.54. The maximum atomic E-state index is 6.17. The molecule has 6 nitrogen and oxygen atoms in total. The van der Waals surface area contributed by atoms with Crippen LogP contribution in [0.25, 0.3) is 0 Å². The molecule has 32 heavy (non-hydrogen) atoms. The lowest BCUT2D eigenvalue weighted by atomic mass is 10.1. The van der Waals surface area contributed by atoms with Gasteiger partial charge in [-0.15, -0.1) is 0 Å². The summed E-state index contributed by atoms with van der Waals surface area (Å²) in [5.74, 6) is 2.16. The summed E-state index contributed by atoms with van der Waals surface area (Å²) in [4.78, 5) is 4.39. The second-order valence-electron chi connectivity index (χ2n) is 8.25. The van der Waals surface area contributed by atoms with Gasteiger partial charge in [-0.3, -0.25) is 4.99 Å². The molecule has 1 atom stereocenters. The molecule has 2 aromatic carbocycles. The van der Waals surface area contributed by atoms with Crippen molar-refractivity contribution < 1.29 is 14.2 Å². The average molecular weight is 440 g/mol. The van der Waals surface area contributed by atoms with E-state index < -0.39 is 0 Å². The molecule has 0 amide bonds. The van der Waals surface area contributed by atoms with Gasteiger partial charge in [0.2, 0.25) is 0 Å². The van der Waals surface area contributed by atoms with Crippen molar-refractivity contribution in [3.05, 3.63) is 64.7 Å². The molecule has 0 aromatic heterocycles. The fraction of sp³-hybridized carbons (Fsp3) is 0.500. The summed E-state index contributed by atoms with van der Waals surface area (Å²) in [5.41, 5.74) is 4.72. The molecule has 1 saturated heterocycles. The van der Waals surface area contributed by atoms with Crippen LogP contribution in [0.15, 0.2) is 47.5 Å². The van der Waals surface area contributed by atoms with Crippen molar-refractivity contribution in [3.8, 4) is 5.75 Å². The maximum Gasteiger partial charge on any atom is 0.191 e. The molecule has 1 aliphatic rings. The zero-order valence-electron chi connectivity index (χ0n) is 19.7. The van der Waals surface area contributed by atoms with Gasteiger partial charge >= 0.3 is 0 Å². The predicted molar refractivity (Wildman–Crippen MR) is 129 cm³/mol. The largest absolute Gasteiger partial charge is 0.493 e. The Kier molecular flexibility index (Phi) is 9.85. The first kappa shape index (κ1) is 24.1. The minimum Gasteiger partial charge on any atom is -0.493 e. The van der Waals surface area contributed by atoms with Gasteiger partial charge < -0.3 is 24.8 Å². The molecule has 0 radical (unpaired) electrons. The fourth-order valence-electron chi connectivity index (χ4n) is 3.64. The number of nitrogens with zero attached hydrogens (tertiary/aromatic N) is 1. The molecule has 3 rings (SSSR count). The van der Waals surface area contributed by atoms with E-state index in [1.807, 2.05) is 0 Å². The Morgan fingerprint density at radius 1 is 1.09 bits per heavy atom. The van der Waals surface area contributed by atoms with Crippen molar-refractivity contribution in [2.24, 2.45) is 10.9 Å². The van der Waals surface area contributed by atoms with E-state index >= 15 is 0 Å². The zero-order chi connectivity index (χ0) is 22.6. The van der Waals surface area contributed by atoms with Crippen LogP contribution in [0, 0.1) is 12.8 Å². The summed E-state index contributed by atoms with van der Waals surface area (Å²) in [5, 5.41) is 6.84. The number of aliphatic imine (C=N–C) groups is 1. The summed E-state index contributed by atoms with van der Waals surface area (Å²) >= 11 is 0. The highest BCUT2D eigenvalue weighted by molar-refractivity contribution is 5.79. The van der Waals surface area contributed by atoms with E-state index in [2.05, 4.69) is 71.9 Å². The first-order valence-electron chi connectivity index (χ1n) is 11.6. The van der Waals surface area contributed by atoms with Crippen LogP contribution in [0.4, 0.5) is 0 Å². The Labute approximate surface area is 192 Å². The summed E-state index contributed by atoms with van der Waals surface area (Å²) in [6, 6.07) is 14.7. The van der Waals surface area contributed by atoms with E-state index in [-0.39, 0.29) is 0 Å². The summed E-state index contributed by atoms with van der Waals surface area (Å²) in [6.45, 7) is 9.27. The first-order chi connectivity index (χ1) is 15.7. The number of nitrogens with one attached hydrogen (secondary N) is 2. The highest BCUT2D eigenvalue weighted by atomic mass is 16.5.